The van der Waals surface area contributed by atoms with Gasteiger partial charge in [0.05, 0.1) is 12.5 Å². The summed E-state index contributed by atoms with van der Waals surface area (Å²) in [6.07, 6.45) is 7.70. The van der Waals surface area contributed by atoms with Crippen molar-refractivity contribution in [1.29, 1.82) is 0 Å². The monoisotopic (exact) mass is 270 g/mol. The number of rotatable bonds is 3. The van der Waals surface area contributed by atoms with Gasteiger partial charge in [-0.25, -0.2) is 4.98 Å². The Morgan fingerprint density at radius 3 is 3.10 bits per heavy atom. The molecule has 20 heavy (non-hydrogen) atoms. The minimum Gasteiger partial charge on any atom is -0.344 e. The predicted octanol–water partition coefficient (Wildman–Crippen LogP) is 2.02. The molecular weight excluding hydrogens is 252 g/mol. The lowest BCUT2D eigenvalue weighted by Gasteiger charge is -2.23. The number of hydrogen-bond acceptors (Lipinski definition) is 3. The van der Waals surface area contributed by atoms with E-state index in [1.54, 1.807) is 12.4 Å². The number of aromatic nitrogens is 3. The second kappa shape index (κ2) is 5.45. The van der Waals surface area contributed by atoms with E-state index in [1.165, 1.54) is 0 Å². The Balaban J connectivity index is 1.73. The highest BCUT2D eigenvalue weighted by Crippen LogP contribution is 2.30. The van der Waals surface area contributed by atoms with Crippen molar-refractivity contribution in [3.63, 3.8) is 0 Å². The van der Waals surface area contributed by atoms with Crippen molar-refractivity contribution in [1.82, 2.24) is 19.9 Å². The van der Waals surface area contributed by atoms with Crippen molar-refractivity contribution in [3.05, 3.63) is 47.8 Å². The number of nitrogens with one attached hydrogen (secondary N) is 1. The Labute approximate surface area is 118 Å². The molecule has 0 bridgehead atoms. The molecule has 0 aliphatic carbocycles. The summed E-state index contributed by atoms with van der Waals surface area (Å²) in [5, 5.41) is 0. The molecule has 1 saturated heterocycles. The Bertz CT molecular complexity index is 593. The quantitative estimate of drug-likeness (QED) is 0.928. The first-order valence-corrected chi connectivity index (χ1v) is 6.94. The summed E-state index contributed by atoms with van der Waals surface area (Å²) in [4.78, 5) is 26.1. The molecule has 3 rings (SSSR count). The summed E-state index contributed by atoms with van der Waals surface area (Å²) in [6, 6.07) is 3.89. The standard InChI is InChI=1S/C15H18N4O/c1-11-9-17-15(18-11)13-5-3-7-19(13)14(20)8-12-4-2-6-16-10-12/h2,4,6,9-10,13H,3,5,7-8H2,1H3,(H,17,18)/t13-/m0/s1. The predicted molar refractivity (Wildman–Crippen MR) is 75.0 cm³/mol. The number of carbonyl (C=O) groups is 1. The van der Waals surface area contributed by atoms with Gasteiger partial charge in [0.15, 0.2) is 0 Å². The molecule has 0 radical (unpaired) electrons. The number of aromatic amines is 1. The SMILES string of the molecule is Cc1cnc([C@@H]2CCCN2C(=O)Cc2cccnc2)[nH]1. The van der Waals surface area contributed by atoms with Crippen molar-refractivity contribution in [2.75, 3.05) is 6.54 Å². The van der Waals surface area contributed by atoms with Gasteiger partial charge >= 0.3 is 0 Å². The summed E-state index contributed by atoms with van der Waals surface area (Å²) in [5.74, 6) is 1.05. The van der Waals surface area contributed by atoms with Crippen molar-refractivity contribution in [2.45, 2.75) is 32.2 Å². The number of nitrogens with zero attached hydrogens (tertiary/aromatic N) is 3. The second-order valence-electron chi connectivity index (χ2n) is 5.23. The van der Waals surface area contributed by atoms with Gasteiger partial charge in [-0.3, -0.25) is 9.78 Å². The molecule has 0 aromatic carbocycles. The number of amides is 1. The Kier molecular flexibility index (Phi) is 3.50. The topological polar surface area (TPSA) is 61.9 Å². The maximum atomic E-state index is 12.5. The smallest absolute Gasteiger partial charge is 0.227 e. The molecular formula is C15H18N4O. The Morgan fingerprint density at radius 1 is 1.50 bits per heavy atom. The molecule has 1 aliphatic rings. The summed E-state index contributed by atoms with van der Waals surface area (Å²) >= 11 is 0. The molecule has 3 heterocycles. The largest absolute Gasteiger partial charge is 0.344 e. The summed E-state index contributed by atoms with van der Waals surface area (Å²) in [6.45, 7) is 2.79. The van der Waals surface area contributed by atoms with Crippen LogP contribution in [0.2, 0.25) is 0 Å². The molecule has 1 aliphatic heterocycles. The van der Waals surface area contributed by atoms with E-state index in [1.807, 2.05) is 30.2 Å². The minimum absolute atomic E-state index is 0.0906. The first-order valence-electron chi connectivity index (χ1n) is 6.94. The lowest BCUT2D eigenvalue weighted by atomic mass is 10.1. The molecule has 1 N–H and O–H groups in total. The highest BCUT2D eigenvalue weighted by Gasteiger charge is 2.31. The summed E-state index contributed by atoms with van der Waals surface area (Å²) < 4.78 is 0. The summed E-state index contributed by atoms with van der Waals surface area (Å²) in [5.41, 5.74) is 1.99. The van der Waals surface area contributed by atoms with Gasteiger partial charge in [0.25, 0.3) is 0 Å². The molecule has 0 spiro atoms. The number of pyridine rings is 1. The molecule has 2 aromatic rings. The Hall–Kier alpha value is -2.17. The molecule has 0 unspecified atom stereocenters. The van der Waals surface area contributed by atoms with Crippen molar-refractivity contribution >= 4 is 5.91 Å². The van der Waals surface area contributed by atoms with Gasteiger partial charge < -0.3 is 9.88 Å². The molecule has 2 aromatic heterocycles. The van der Waals surface area contributed by atoms with Crippen LogP contribution in [0.15, 0.2) is 30.7 Å². The fraction of sp³-hybridized carbons (Fsp3) is 0.400. The van der Waals surface area contributed by atoms with Gasteiger partial charge in [0.2, 0.25) is 5.91 Å². The van der Waals surface area contributed by atoms with Crippen molar-refractivity contribution in [3.8, 4) is 0 Å². The van der Waals surface area contributed by atoms with Crippen LogP contribution in [0, 0.1) is 6.92 Å². The second-order valence-corrected chi connectivity index (χ2v) is 5.23. The van der Waals surface area contributed by atoms with E-state index in [9.17, 15) is 4.79 Å². The summed E-state index contributed by atoms with van der Waals surface area (Å²) in [7, 11) is 0. The molecule has 5 heteroatoms. The van der Waals surface area contributed by atoms with Crippen LogP contribution < -0.4 is 0 Å². The van der Waals surface area contributed by atoms with Crippen LogP contribution in [0.4, 0.5) is 0 Å². The van der Waals surface area contributed by atoms with Gasteiger partial charge in [0, 0.05) is 30.8 Å². The van der Waals surface area contributed by atoms with Crippen molar-refractivity contribution < 1.29 is 4.79 Å². The zero-order valence-electron chi connectivity index (χ0n) is 11.5. The van der Waals surface area contributed by atoms with Crippen LogP contribution in [0.3, 0.4) is 0 Å². The van der Waals surface area contributed by atoms with Crippen molar-refractivity contribution in [2.24, 2.45) is 0 Å². The van der Waals surface area contributed by atoms with Crippen LogP contribution in [0.1, 0.15) is 36.0 Å². The van der Waals surface area contributed by atoms with Gasteiger partial charge in [-0.05, 0) is 31.4 Å². The third-order valence-corrected chi connectivity index (χ3v) is 3.69. The van der Waals surface area contributed by atoms with Gasteiger partial charge in [-0.2, -0.15) is 0 Å². The molecule has 0 saturated carbocycles. The van der Waals surface area contributed by atoms with Crippen LogP contribution in [-0.4, -0.2) is 32.3 Å². The van der Waals surface area contributed by atoms with Crippen LogP contribution in [0.25, 0.3) is 0 Å². The number of carbonyl (C=O) groups excluding carboxylic acids is 1. The fourth-order valence-electron chi connectivity index (χ4n) is 2.73. The molecule has 104 valence electrons. The van der Waals surface area contributed by atoms with E-state index in [0.29, 0.717) is 6.42 Å². The average molecular weight is 270 g/mol. The van der Waals surface area contributed by atoms with Gasteiger partial charge in [0.1, 0.15) is 5.82 Å². The van der Waals surface area contributed by atoms with Gasteiger partial charge in [-0.15, -0.1) is 0 Å². The third-order valence-electron chi connectivity index (χ3n) is 3.69. The highest BCUT2D eigenvalue weighted by atomic mass is 16.2. The number of H-pyrrole nitrogens is 1. The lowest BCUT2D eigenvalue weighted by Crippen LogP contribution is -2.32. The first-order chi connectivity index (χ1) is 9.74. The van der Waals surface area contributed by atoms with E-state index in [-0.39, 0.29) is 11.9 Å². The Morgan fingerprint density at radius 2 is 2.40 bits per heavy atom. The number of imidazole rings is 1. The maximum Gasteiger partial charge on any atom is 0.227 e. The van der Waals surface area contributed by atoms with E-state index < -0.39 is 0 Å². The van der Waals surface area contributed by atoms with Crippen LogP contribution >= 0.6 is 0 Å². The molecule has 1 amide bonds. The number of likely N-dealkylation sites (tertiary alicyclic amines) is 1. The number of aryl methyl sites for hydroxylation is 1. The van der Waals surface area contributed by atoms with Gasteiger partial charge in [-0.1, -0.05) is 6.07 Å². The number of hydrogen-bond donors (Lipinski definition) is 1. The molecule has 1 atom stereocenters. The highest BCUT2D eigenvalue weighted by molar-refractivity contribution is 5.79. The van der Waals surface area contributed by atoms with E-state index in [0.717, 1.165) is 36.5 Å². The fourth-order valence-corrected chi connectivity index (χ4v) is 2.73. The zero-order valence-corrected chi connectivity index (χ0v) is 11.5. The molecule has 1 fully saturated rings. The molecule has 5 nitrogen and oxygen atoms in total. The third kappa shape index (κ3) is 2.57. The van der Waals surface area contributed by atoms with Crippen LogP contribution in [-0.2, 0) is 11.2 Å². The van der Waals surface area contributed by atoms with E-state index in [2.05, 4.69) is 15.0 Å². The zero-order chi connectivity index (χ0) is 13.9. The van der Waals surface area contributed by atoms with E-state index >= 15 is 0 Å². The van der Waals surface area contributed by atoms with Crippen LogP contribution in [0.5, 0.6) is 0 Å². The average Bonchev–Trinajstić information content (AvgIpc) is 3.08. The lowest BCUT2D eigenvalue weighted by molar-refractivity contribution is -0.131. The first kappa shape index (κ1) is 12.8. The maximum absolute atomic E-state index is 12.5. The normalized spacial score (nSPS) is 18.4. The van der Waals surface area contributed by atoms with E-state index in [4.69, 9.17) is 0 Å². The minimum atomic E-state index is 0.0906.